The second-order valence-corrected chi connectivity index (χ2v) is 4.08. The highest BCUT2D eigenvalue weighted by atomic mass is 15.1. The Morgan fingerprint density at radius 1 is 1.42 bits per heavy atom. The molecule has 0 spiro atoms. The Kier molecular flexibility index (Phi) is 3.80. The van der Waals surface area contributed by atoms with Crippen molar-refractivity contribution in [3.63, 3.8) is 0 Å². The van der Waals surface area contributed by atoms with Crippen LogP contribution in [0.5, 0.6) is 0 Å². The van der Waals surface area contributed by atoms with Crippen molar-refractivity contribution in [3.05, 3.63) is 12.2 Å². The molecule has 1 nitrogen and oxygen atoms in total. The molecule has 0 bridgehead atoms. The van der Waals surface area contributed by atoms with Crippen molar-refractivity contribution < 1.29 is 0 Å². The summed E-state index contributed by atoms with van der Waals surface area (Å²) in [6.07, 6.45) is 8.59. The molecule has 1 heteroatoms. The standard InChI is InChI=1S/C11H21N/c1-4-5-8-12(3)11-7-6-10(2)9-11/h4-5,10-11H,6-9H2,1-3H3/b5-4+. The zero-order chi connectivity index (χ0) is 8.97. The van der Waals surface area contributed by atoms with E-state index >= 15 is 0 Å². The van der Waals surface area contributed by atoms with Crippen molar-refractivity contribution in [1.29, 1.82) is 0 Å². The van der Waals surface area contributed by atoms with E-state index in [0.717, 1.165) is 18.5 Å². The first-order valence-electron chi connectivity index (χ1n) is 5.05. The fourth-order valence-electron chi connectivity index (χ4n) is 2.00. The van der Waals surface area contributed by atoms with E-state index in [-0.39, 0.29) is 0 Å². The highest BCUT2D eigenvalue weighted by Crippen LogP contribution is 2.27. The SMILES string of the molecule is C/C=C/CN(C)C1CCC(C)C1. The van der Waals surface area contributed by atoms with Gasteiger partial charge in [-0.05, 0) is 39.2 Å². The lowest BCUT2D eigenvalue weighted by molar-refractivity contribution is 0.265. The first-order chi connectivity index (χ1) is 5.74. The van der Waals surface area contributed by atoms with Crippen molar-refractivity contribution >= 4 is 0 Å². The van der Waals surface area contributed by atoms with Crippen LogP contribution in [-0.2, 0) is 0 Å². The number of rotatable bonds is 3. The Balaban J connectivity index is 2.27. The van der Waals surface area contributed by atoms with Crippen LogP contribution < -0.4 is 0 Å². The minimum Gasteiger partial charge on any atom is -0.300 e. The van der Waals surface area contributed by atoms with Crippen molar-refractivity contribution in [2.24, 2.45) is 5.92 Å². The molecule has 12 heavy (non-hydrogen) atoms. The maximum Gasteiger partial charge on any atom is 0.0162 e. The minimum atomic E-state index is 0.844. The second-order valence-electron chi connectivity index (χ2n) is 4.08. The third-order valence-corrected chi connectivity index (χ3v) is 2.92. The topological polar surface area (TPSA) is 3.24 Å². The Bertz CT molecular complexity index is 151. The number of hydrogen-bond donors (Lipinski definition) is 0. The highest BCUT2D eigenvalue weighted by Gasteiger charge is 2.23. The molecule has 0 aromatic rings. The van der Waals surface area contributed by atoms with Crippen LogP contribution in [0.2, 0.25) is 0 Å². The molecule has 0 amide bonds. The fourth-order valence-corrected chi connectivity index (χ4v) is 2.00. The third-order valence-electron chi connectivity index (χ3n) is 2.92. The molecule has 1 rings (SSSR count). The van der Waals surface area contributed by atoms with Crippen LogP contribution in [0.1, 0.15) is 33.1 Å². The van der Waals surface area contributed by atoms with Gasteiger partial charge in [-0.25, -0.2) is 0 Å². The fraction of sp³-hybridized carbons (Fsp3) is 0.818. The molecule has 0 aromatic heterocycles. The van der Waals surface area contributed by atoms with Crippen LogP contribution in [0.15, 0.2) is 12.2 Å². The van der Waals surface area contributed by atoms with Crippen molar-refractivity contribution in [2.45, 2.75) is 39.2 Å². The van der Waals surface area contributed by atoms with E-state index < -0.39 is 0 Å². The molecular formula is C11H21N. The Morgan fingerprint density at radius 2 is 2.17 bits per heavy atom. The normalized spacial score (nSPS) is 30.7. The minimum absolute atomic E-state index is 0.844. The van der Waals surface area contributed by atoms with Crippen LogP contribution in [0.3, 0.4) is 0 Å². The van der Waals surface area contributed by atoms with Crippen molar-refractivity contribution in [1.82, 2.24) is 4.90 Å². The molecule has 70 valence electrons. The zero-order valence-electron chi connectivity index (χ0n) is 8.59. The van der Waals surface area contributed by atoms with Gasteiger partial charge in [0.25, 0.3) is 0 Å². The van der Waals surface area contributed by atoms with E-state index in [1.54, 1.807) is 0 Å². The van der Waals surface area contributed by atoms with Crippen LogP contribution in [0, 0.1) is 5.92 Å². The second kappa shape index (κ2) is 4.66. The summed E-state index contributed by atoms with van der Waals surface area (Å²) < 4.78 is 0. The van der Waals surface area contributed by atoms with Gasteiger partial charge in [-0.2, -0.15) is 0 Å². The van der Waals surface area contributed by atoms with E-state index in [1.807, 2.05) is 0 Å². The molecule has 1 saturated carbocycles. The molecule has 0 saturated heterocycles. The van der Waals surface area contributed by atoms with Gasteiger partial charge in [-0.15, -0.1) is 0 Å². The van der Waals surface area contributed by atoms with Crippen LogP contribution in [0.4, 0.5) is 0 Å². The summed E-state index contributed by atoms with van der Waals surface area (Å²) in [5, 5.41) is 0. The van der Waals surface area contributed by atoms with Crippen molar-refractivity contribution in [2.75, 3.05) is 13.6 Å². The van der Waals surface area contributed by atoms with E-state index in [9.17, 15) is 0 Å². The summed E-state index contributed by atoms with van der Waals surface area (Å²) in [6.45, 7) is 5.57. The first-order valence-corrected chi connectivity index (χ1v) is 5.05. The predicted octanol–water partition coefficient (Wildman–Crippen LogP) is 2.68. The lowest BCUT2D eigenvalue weighted by Gasteiger charge is -2.22. The van der Waals surface area contributed by atoms with Gasteiger partial charge in [0.15, 0.2) is 0 Å². The Labute approximate surface area is 76.5 Å². The largest absolute Gasteiger partial charge is 0.300 e. The molecule has 0 N–H and O–H groups in total. The summed E-state index contributed by atoms with van der Waals surface area (Å²) in [7, 11) is 2.24. The number of likely N-dealkylation sites (N-methyl/N-ethyl adjacent to an activating group) is 1. The zero-order valence-corrected chi connectivity index (χ0v) is 8.59. The first kappa shape index (κ1) is 9.79. The van der Waals surface area contributed by atoms with Crippen LogP contribution in [0.25, 0.3) is 0 Å². The summed E-state index contributed by atoms with van der Waals surface area (Å²) in [5.74, 6) is 0.947. The maximum atomic E-state index is 2.48. The summed E-state index contributed by atoms with van der Waals surface area (Å²) >= 11 is 0. The van der Waals surface area contributed by atoms with E-state index in [0.29, 0.717) is 0 Å². The molecular weight excluding hydrogens is 146 g/mol. The van der Waals surface area contributed by atoms with Crippen molar-refractivity contribution in [3.8, 4) is 0 Å². The summed E-state index contributed by atoms with van der Waals surface area (Å²) in [5.41, 5.74) is 0. The molecule has 0 heterocycles. The van der Waals surface area contributed by atoms with Gasteiger partial charge < -0.3 is 0 Å². The van der Waals surface area contributed by atoms with Crippen LogP contribution in [-0.4, -0.2) is 24.5 Å². The van der Waals surface area contributed by atoms with E-state index in [2.05, 4.69) is 37.9 Å². The molecule has 1 fully saturated rings. The molecule has 2 atom stereocenters. The van der Waals surface area contributed by atoms with Gasteiger partial charge in [0, 0.05) is 12.6 Å². The molecule has 1 aliphatic rings. The van der Waals surface area contributed by atoms with E-state index in [1.165, 1.54) is 19.3 Å². The monoisotopic (exact) mass is 167 g/mol. The molecule has 1 aliphatic carbocycles. The average Bonchev–Trinajstić information content (AvgIpc) is 2.47. The maximum absolute atomic E-state index is 2.48. The third kappa shape index (κ3) is 2.63. The van der Waals surface area contributed by atoms with Gasteiger partial charge in [0.05, 0.1) is 0 Å². The highest BCUT2D eigenvalue weighted by molar-refractivity contribution is 4.85. The quantitative estimate of drug-likeness (QED) is 0.584. The van der Waals surface area contributed by atoms with Gasteiger partial charge in [0.1, 0.15) is 0 Å². The Morgan fingerprint density at radius 3 is 2.67 bits per heavy atom. The molecule has 0 aliphatic heterocycles. The Hall–Kier alpha value is -0.300. The number of allylic oxidation sites excluding steroid dienone is 1. The summed E-state index contributed by atoms with van der Waals surface area (Å²) in [4.78, 5) is 2.48. The van der Waals surface area contributed by atoms with Gasteiger partial charge in [-0.1, -0.05) is 19.1 Å². The average molecular weight is 167 g/mol. The summed E-state index contributed by atoms with van der Waals surface area (Å²) in [6, 6.07) is 0.844. The van der Waals surface area contributed by atoms with E-state index in [4.69, 9.17) is 0 Å². The van der Waals surface area contributed by atoms with Gasteiger partial charge in [0.2, 0.25) is 0 Å². The van der Waals surface area contributed by atoms with Gasteiger partial charge in [-0.3, -0.25) is 4.90 Å². The lowest BCUT2D eigenvalue weighted by atomic mass is 10.1. The number of hydrogen-bond acceptors (Lipinski definition) is 1. The number of nitrogens with zero attached hydrogens (tertiary/aromatic N) is 1. The predicted molar refractivity (Wildman–Crippen MR) is 54.2 cm³/mol. The van der Waals surface area contributed by atoms with Gasteiger partial charge >= 0.3 is 0 Å². The smallest absolute Gasteiger partial charge is 0.0162 e. The van der Waals surface area contributed by atoms with Crippen LogP contribution >= 0.6 is 0 Å². The molecule has 0 aromatic carbocycles. The lowest BCUT2D eigenvalue weighted by Crippen LogP contribution is -2.29. The molecule has 2 unspecified atom stereocenters. The molecule has 0 radical (unpaired) electrons.